The first-order chi connectivity index (χ1) is 10.6. The number of carbonyl (C=O) groups is 1. The third-order valence-corrected chi connectivity index (χ3v) is 3.58. The van der Waals surface area contributed by atoms with Crippen LogP contribution in [0.3, 0.4) is 0 Å². The molecule has 2 rings (SSSR count). The lowest BCUT2D eigenvalue weighted by atomic mass is 10.1. The van der Waals surface area contributed by atoms with E-state index in [0.717, 1.165) is 5.56 Å². The van der Waals surface area contributed by atoms with Gasteiger partial charge in [0.05, 0.1) is 13.5 Å². The highest BCUT2D eigenvalue weighted by Crippen LogP contribution is 2.26. The van der Waals surface area contributed by atoms with E-state index in [-0.39, 0.29) is 12.3 Å². The molecule has 0 radical (unpaired) electrons. The number of nitrogens with one attached hydrogen (secondary N) is 1. The summed E-state index contributed by atoms with van der Waals surface area (Å²) >= 11 is 0.473. The average molecular weight is 323 g/mol. The molecule has 0 aromatic heterocycles. The van der Waals surface area contributed by atoms with Gasteiger partial charge in [0.2, 0.25) is 5.91 Å². The molecule has 0 spiro atoms. The number of hydrogen-bond acceptors (Lipinski definition) is 3. The van der Waals surface area contributed by atoms with Gasteiger partial charge in [0.15, 0.2) is 0 Å². The van der Waals surface area contributed by atoms with Crippen LogP contribution in [0.25, 0.3) is 0 Å². The molecule has 1 N–H and O–H groups in total. The summed E-state index contributed by atoms with van der Waals surface area (Å²) in [6.45, 7) is 0. The number of thioether (sulfide) groups is 1. The van der Waals surface area contributed by atoms with E-state index in [1.54, 1.807) is 43.5 Å². The Bertz CT molecular complexity index is 632. The number of hydrogen-bond donors (Lipinski definition) is 1. The molecule has 0 aliphatic carbocycles. The summed E-state index contributed by atoms with van der Waals surface area (Å²) < 4.78 is 29.5. The highest BCUT2D eigenvalue weighted by Gasteiger charge is 2.07. The molecule has 22 heavy (non-hydrogen) atoms. The molecular formula is C16H15F2NO2S. The van der Waals surface area contributed by atoms with Crippen LogP contribution in [0.5, 0.6) is 5.75 Å². The maximum absolute atomic E-state index is 12.2. The average Bonchev–Trinajstić information content (AvgIpc) is 2.49. The normalized spacial score (nSPS) is 10.5. The minimum Gasteiger partial charge on any atom is -0.497 e. The maximum atomic E-state index is 12.2. The molecular weight excluding hydrogens is 308 g/mol. The van der Waals surface area contributed by atoms with Crippen LogP contribution >= 0.6 is 11.8 Å². The number of ether oxygens (including phenoxy) is 1. The largest absolute Gasteiger partial charge is 0.497 e. The third kappa shape index (κ3) is 5.04. The number of anilines is 1. The zero-order valence-electron chi connectivity index (χ0n) is 11.9. The van der Waals surface area contributed by atoms with E-state index in [4.69, 9.17) is 4.74 Å². The lowest BCUT2D eigenvalue weighted by Gasteiger charge is -2.07. The van der Waals surface area contributed by atoms with Crippen LogP contribution in [0, 0.1) is 0 Å². The van der Waals surface area contributed by atoms with Crippen LogP contribution in [0.15, 0.2) is 53.4 Å². The van der Waals surface area contributed by atoms with Crippen LogP contribution in [0.4, 0.5) is 14.5 Å². The van der Waals surface area contributed by atoms with Gasteiger partial charge in [0.1, 0.15) is 5.75 Å². The number of methoxy groups -OCH3 is 1. The van der Waals surface area contributed by atoms with Gasteiger partial charge in [-0.1, -0.05) is 23.9 Å². The van der Waals surface area contributed by atoms with Crippen molar-refractivity contribution in [2.24, 2.45) is 0 Å². The fourth-order valence-electron chi connectivity index (χ4n) is 1.89. The van der Waals surface area contributed by atoms with E-state index >= 15 is 0 Å². The summed E-state index contributed by atoms with van der Waals surface area (Å²) in [4.78, 5) is 12.4. The van der Waals surface area contributed by atoms with Gasteiger partial charge >= 0.3 is 0 Å². The van der Waals surface area contributed by atoms with E-state index in [1.807, 2.05) is 12.1 Å². The monoisotopic (exact) mass is 323 g/mol. The summed E-state index contributed by atoms with van der Waals surface area (Å²) in [6, 6.07) is 13.6. The number of amides is 1. The smallest absolute Gasteiger partial charge is 0.288 e. The molecule has 0 unspecified atom stereocenters. The summed E-state index contributed by atoms with van der Waals surface area (Å²) in [6.07, 6.45) is 0.213. The fourth-order valence-corrected chi connectivity index (χ4v) is 2.39. The van der Waals surface area contributed by atoms with Crippen molar-refractivity contribution in [1.29, 1.82) is 0 Å². The highest BCUT2D eigenvalue weighted by molar-refractivity contribution is 7.99. The Balaban J connectivity index is 1.93. The van der Waals surface area contributed by atoms with E-state index in [1.165, 1.54) is 0 Å². The molecule has 1 amide bonds. The predicted molar refractivity (Wildman–Crippen MR) is 83.6 cm³/mol. The molecule has 2 aromatic carbocycles. The van der Waals surface area contributed by atoms with E-state index < -0.39 is 5.76 Å². The van der Waals surface area contributed by atoms with E-state index in [2.05, 4.69) is 5.32 Å². The van der Waals surface area contributed by atoms with Crippen molar-refractivity contribution >= 4 is 23.4 Å². The number of alkyl halides is 2. The van der Waals surface area contributed by atoms with Crippen molar-refractivity contribution in [2.75, 3.05) is 12.4 Å². The number of benzene rings is 2. The standard InChI is InChI=1S/C16H15F2NO2S/c1-21-13-4-2-3-11(9-13)10-15(20)19-12-5-7-14(8-6-12)22-16(17)18/h2-9,16H,10H2,1H3,(H,19,20). The third-order valence-electron chi connectivity index (χ3n) is 2.86. The second-order valence-electron chi connectivity index (χ2n) is 4.48. The van der Waals surface area contributed by atoms with Gasteiger partial charge in [0.25, 0.3) is 5.76 Å². The quantitative estimate of drug-likeness (QED) is 0.810. The van der Waals surface area contributed by atoms with Crippen LogP contribution in [-0.2, 0) is 11.2 Å². The first kappa shape index (κ1) is 16.3. The number of carbonyl (C=O) groups excluding carboxylic acids is 1. The van der Waals surface area contributed by atoms with E-state index in [0.29, 0.717) is 28.1 Å². The summed E-state index contributed by atoms with van der Waals surface area (Å²) in [5.74, 6) is -1.94. The SMILES string of the molecule is COc1cccc(CC(=O)Nc2ccc(SC(F)F)cc2)c1. The number of rotatable bonds is 6. The van der Waals surface area contributed by atoms with Gasteiger partial charge in [-0.05, 0) is 42.0 Å². The molecule has 0 atom stereocenters. The Morgan fingerprint density at radius 2 is 1.95 bits per heavy atom. The molecule has 116 valence electrons. The second-order valence-corrected chi connectivity index (χ2v) is 5.54. The molecule has 0 aliphatic heterocycles. The molecule has 3 nitrogen and oxygen atoms in total. The Kier molecular flexibility index (Phi) is 5.77. The molecule has 0 fully saturated rings. The zero-order valence-corrected chi connectivity index (χ0v) is 12.7. The first-order valence-corrected chi connectivity index (χ1v) is 7.42. The molecule has 0 bridgehead atoms. The Morgan fingerprint density at radius 1 is 1.23 bits per heavy atom. The summed E-state index contributed by atoms with van der Waals surface area (Å²) in [5.41, 5.74) is 1.41. The van der Waals surface area contributed by atoms with Gasteiger partial charge in [-0.3, -0.25) is 4.79 Å². The maximum Gasteiger partial charge on any atom is 0.288 e. The van der Waals surface area contributed by atoms with Crippen molar-refractivity contribution in [3.05, 3.63) is 54.1 Å². The van der Waals surface area contributed by atoms with Gasteiger partial charge in [-0.15, -0.1) is 0 Å². The number of halogens is 2. The Morgan fingerprint density at radius 3 is 2.59 bits per heavy atom. The van der Waals surface area contributed by atoms with Crippen molar-refractivity contribution in [1.82, 2.24) is 0 Å². The predicted octanol–water partition coefficient (Wildman–Crippen LogP) is 4.19. The van der Waals surface area contributed by atoms with Gasteiger partial charge in [0, 0.05) is 10.6 Å². The zero-order chi connectivity index (χ0) is 15.9. The van der Waals surface area contributed by atoms with Gasteiger partial charge in [-0.25, -0.2) is 0 Å². The topological polar surface area (TPSA) is 38.3 Å². The Labute approximate surface area is 131 Å². The molecule has 0 heterocycles. The van der Waals surface area contributed by atoms with Crippen molar-refractivity contribution in [3.8, 4) is 5.75 Å². The summed E-state index contributed by atoms with van der Waals surface area (Å²) in [7, 11) is 1.57. The van der Waals surface area contributed by atoms with Crippen LogP contribution in [0.1, 0.15) is 5.56 Å². The van der Waals surface area contributed by atoms with Gasteiger partial charge < -0.3 is 10.1 Å². The van der Waals surface area contributed by atoms with Crippen LogP contribution in [0.2, 0.25) is 0 Å². The van der Waals surface area contributed by atoms with Crippen LogP contribution < -0.4 is 10.1 Å². The minimum atomic E-state index is -2.45. The lowest BCUT2D eigenvalue weighted by molar-refractivity contribution is -0.115. The van der Waals surface area contributed by atoms with E-state index in [9.17, 15) is 13.6 Å². The van der Waals surface area contributed by atoms with Crippen LogP contribution in [-0.4, -0.2) is 18.8 Å². The highest BCUT2D eigenvalue weighted by atomic mass is 32.2. The summed E-state index contributed by atoms with van der Waals surface area (Å²) in [5, 5.41) is 2.73. The first-order valence-electron chi connectivity index (χ1n) is 6.54. The van der Waals surface area contributed by atoms with Gasteiger partial charge in [-0.2, -0.15) is 8.78 Å². The second kappa shape index (κ2) is 7.79. The lowest BCUT2D eigenvalue weighted by Crippen LogP contribution is -2.14. The van der Waals surface area contributed by atoms with Crippen molar-refractivity contribution < 1.29 is 18.3 Å². The van der Waals surface area contributed by atoms with Crippen molar-refractivity contribution in [2.45, 2.75) is 17.1 Å². The molecule has 0 aliphatic rings. The molecule has 0 saturated carbocycles. The Hall–Kier alpha value is -2.08. The molecule has 0 saturated heterocycles. The fraction of sp³-hybridized carbons (Fsp3) is 0.188. The molecule has 6 heteroatoms. The molecule has 2 aromatic rings. The minimum absolute atomic E-state index is 0.178. The van der Waals surface area contributed by atoms with Crippen molar-refractivity contribution in [3.63, 3.8) is 0 Å².